The van der Waals surface area contributed by atoms with Gasteiger partial charge in [-0.3, -0.25) is 4.90 Å². The smallest absolute Gasteiger partial charge is 0.357 e. The first kappa shape index (κ1) is 19.2. The minimum Gasteiger partial charge on any atom is -0.357 e. The molecule has 0 aliphatic rings. The van der Waals surface area contributed by atoms with Crippen molar-refractivity contribution < 1.29 is 17.6 Å². The van der Waals surface area contributed by atoms with E-state index in [1.54, 1.807) is 18.2 Å². The Morgan fingerprint density at radius 1 is 1.22 bits per heavy atom. The highest BCUT2D eigenvalue weighted by atomic mass is 19.4. The van der Waals surface area contributed by atoms with Crippen LogP contribution in [0.25, 0.3) is 0 Å². The molecule has 1 aromatic carbocycles. The Morgan fingerprint density at radius 3 is 2.52 bits per heavy atom. The molecule has 0 bridgehead atoms. The van der Waals surface area contributed by atoms with E-state index in [-0.39, 0.29) is 18.9 Å². The molecule has 0 aliphatic heterocycles. The highest BCUT2D eigenvalue weighted by Crippen LogP contribution is 2.15. The summed E-state index contributed by atoms with van der Waals surface area (Å²) >= 11 is 0. The molecule has 0 unspecified atom stereocenters. The Kier molecular flexibility index (Phi) is 7.80. The number of halogens is 4. The van der Waals surface area contributed by atoms with Crippen LogP contribution in [0, 0.1) is 5.82 Å². The van der Waals surface area contributed by atoms with Gasteiger partial charge in [0, 0.05) is 25.2 Å². The fourth-order valence-corrected chi connectivity index (χ4v) is 1.88. The van der Waals surface area contributed by atoms with E-state index in [9.17, 15) is 17.6 Å². The zero-order valence-corrected chi connectivity index (χ0v) is 13.3. The molecule has 4 nitrogen and oxygen atoms in total. The first-order chi connectivity index (χ1) is 10.8. The molecule has 23 heavy (non-hydrogen) atoms. The number of alkyl halides is 3. The van der Waals surface area contributed by atoms with Gasteiger partial charge >= 0.3 is 6.18 Å². The van der Waals surface area contributed by atoms with E-state index in [0.29, 0.717) is 24.6 Å². The third kappa shape index (κ3) is 8.39. The average Bonchev–Trinajstić information content (AvgIpc) is 2.44. The predicted molar refractivity (Wildman–Crippen MR) is 82.8 cm³/mol. The molecule has 0 atom stereocenters. The Balaban J connectivity index is 2.48. The number of benzene rings is 1. The van der Waals surface area contributed by atoms with Gasteiger partial charge in [-0.1, -0.05) is 18.2 Å². The summed E-state index contributed by atoms with van der Waals surface area (Å²) in [4.78, 5) is 5.40. The number of hydrogen-bond acceptors (Lipinski definition) is 2. The van der Waals surface area contributed by atoms with Crippen molar-refractivity contribution in [2.24, 2.45) is 4.99 Å². The van der Waals surface area contributed by atoms with Gasteiger partial charge in [-0.05, 0) is 20.0 Å². The lowest BCUT2D eigenvalue weighted by atomic mass is 10.2. The summed E-state index contributed by atoms with van der Waals surface area (Å²) < 4.78 is 50.2. The van der Waals surface area contributed by atoms with Crippen LogP contribution in [0.2, 0.25) is 0 Å². The molecule has 8 heteroatoms. The third-order valence-electron chi connectivity index (χ3n) is 2.94. The molecule has 130 valence electrons. The monoisotopic (exact) mass is 334 g/mol. The largest absolute Gasteiger partial charge is 0.401 e. The molecule has 0 spiro atoms. The van der Waals surface area contributed by atoms with Crippen molar-refractivity contribution in [3.05, 3.63) is 35.6 Å². The van der Waals surface area contributed by atoms with Crippen molar-refractivity contribution in [3.63, 3.8) is 0 Å². The Bertz CT molecular complexity index is 502. The maximum atomic E-state index is 13.5. The molecule has 0 radical (unpaired) electrons. The predicted octanol–water partition coefficient (Wildman–Crippen LogP) is 2.37. The number of aliphatic imine (C=N–C) groups is 1. The molecule has 0 saturated heterocycles. The van der Waals surface area contributed by atoms with Gasteiger partial charge in [0.05, 0.1) is 13.1 Å². The Morgan fingerprint density at radius 2 is 1.91 bits per heavy atom. The van der Waals surface area contributed by atoms with Gasteiger partial charge in [0.2, 0.25) is 0 Å². The number of rotatable bonds is 7. The second-order valence-electron chi connectivity index (χ2n) is 5.07. The normalized spacial score (nSPS) is 12.6. The maximum absolute atomic E-state index is 13.5. The topological polar surface area (TPSA) is 39.7 Å². The molecule has 0 aliphatic carbocycles. The molecule has 1 rings (SSSR count). The van der Waals surface area contributed by atoms with Crippen LogP contribution in [-0.2, 0) is 6.54 Å². The summed E-state index contributed by atoms with van der Waals surface area (Å²) in [6, 6.07) is 6.32. The van der Waals surface area contributed by atoms with Gasteiger partial charge in [0.25, 0.3) is 0 Å². The number of nitrogens with zero attached hydrogens (tertiary/aromatic N) is 2. The van der Waals surface area contributed by atoms with Crippen molar-refractivity contribution in [1.29, 1.82) is 0 Å². The summed E-state index contributed by atoms with van der Waals surface area (Å²) in [7, 11) is 1.40. The molecular weight excluding hydrogens is 312 g/mol. The standard InChI is InChI=1S/C15H22F4N4/c1-3-20-14(21-8-9-23(2)11-15(17,18)19)22-10-12-6-4-5-7-13(12)16/h4-7H,3,8-11H2,1-2H3,(H2,20,21,22). The van der Waals surface area contributed by atoms with E-state index in [0.717, 1.165) is 0 Å². The van der Waals surface area contributed by atoms with Gasteiger partial charge in [0.15, 0.2) is 5.96 Å². The van der Waals surface area contributed by atoms with Crippen LogP contribution in [0.15, 0.2) is 29.3 Å². The van der Waals surface area contributed by atoms with Crippen LogP contribution in [0.4, 0.5) is 17.6 Å². The minimum absolute atomic E-state index is 0.153. The summed E-state index contributed by atoms with van der Waals surface area (Å²) in [5.41, 5.74) is 0.457. The van der Waals surface area contributed by atoms with Crippen molar-refractivity contribution in [3.8, 4) is 0 Å². The molecule has 0 heterocycles. The fourth-order valence-electron chi connectivity index (χ4n) is 1.88. The summed E-state index contributed by atoms with van der Waals surface area (Å²) in [6.45, 7) is 2.18. The van der Waals surface area contributed by atoms with E-state index in [1.807, 2.05) is 6.92 Å². The van der Waals surface area contributed by atoms with Crippen LogP contribution in [0.3, 0.4) is 0 Å². The van der Waals surface area contributed by atoms with E-state index in [4.69, 9.17) is 0 Å². The van der Waals surface area contributed by atoms with Gasteiger partial charge < -0.3 is 10.6 Å². The van der Waals surface area contributed by atoms with Crippen LogP contribution in [-0.4, -0.2) is 50.3 Å². The molecular formula is C15H22F4N4. The molecule has 2 N–H and O–H groups in total. The van der Waals surface area contributed by atoms with E-state index >= 15 is 0 Å². The Labute approximate surface area is 133 Å². The van der Waals surface area contributed by atoms with Gasteiger partial charge in [0.1, 0.15) is 5.82 Å². The SMILES string of the molecule is CCNC(=NCc1ccccc1F)NCCN(C)CC(F)(F)F. The second-order valence-corrected chi connectivity index (χ2v) is 5.07. The van der Waals surface area contributed by atoms with Crippen molar-refractivity contribution in [2.75, 3.05) is 33.2 Å². The van der Waals surface area contributed by atoms with Gasteiger partial charge in [-0.2, -0.15) is 13.2 Å². The van der Waals surface area contributed by atoms with Gasteiger partial charge in [-0.15, -0.1) is 0 Å². The maximum Gasteiger partial charge on any atom is 0.401 e. The first-order valence-electron chi connectivity index (χ1n) is 7.32. The summed E-state index contributed by atoms with van der Waals surface area (Å²) in [5, 5.41) is 5.90. The van der Waals surface area contributed by atoms with Crippen LogP contribution >= 0.6 is 0 Å². The molecule has 1 aromatic rings. The summed E-state index contributed by atoms with van der Waals surface area (Å²) in [5.74, 6) is 0.105. The average molecular weight is 334 g/mol. The number of nitrogens with one attached hydrogen (secondary N) is 2. The van der Waals surface area contributed by atoms with E-state index in [2.05, 4.69) is 15.6 Å². The lowest BCUT2D eigenvalue weighted by Gasteiger charge is -2.19. The highest BCUT2D eigenvalue weighted by molar-refractivity contribution is 5.79. The Hall–Kier alpha value is -1.83. The van der Waals surface area contributed by atoms with Gasteiger partial charge in [-0.25, -0.2) is 9.38 Å². The molecule has 0 saturated carbocycles. The minimum atomic E-state index is -4.21. The number of hydrogen-bond donors (Lipinski definition) is 2. The molecule has 0 fully saturated rings. The van der Waals surface area contributed by atoms with Crippen LogP contribution in [0.5, 0.6) is 0 Å². The van der Waals surface area contributed by atoms with Crippen molar-refractivity contribution >= 4 is 5.96 Å². The zero-order chi connectivity index (χ0) is 17.3. The zero-order valence-electron chi connectivity index (χ0n) is 13.3. The van der Waals surface area contributed by atoms with E-state index < -0.39 is 12.7 Å². The third-order valence-corrected chi connectivity index (χ3v) is 2.94. The summed E-state index contributed by atoms with van der Waals surface area (Å²) in [6.07, 6.45) is -4.21. The van der Waals surface area contributed by atoms with Crippen molar-refractivity contribution in [2.45, 2.75) is 19.6 Å². The number of likely N-dealkylation sites (N-methyl/N-ethyl adjacent to an activating group) is 1. The second kappa shape index (κ2) is 9.34. The lowest BCUT2D eigenvalue weighted by molar-refractivity contribution is -0.142. The highest BCUT2D eigenvalue weighted by Gasteiger charge is 2.28. The molecule has 0 aromatic heterocycles. The van der Waals surface area contributed by atoms with Crippen LogP contribution < -0.4 is 10.6 Å². The van der Waals surface area contributed by atoms with Crippen molar-refractivity contribution in [1.82, 2.24) is 15.5 Å². The number of guanidine groups is 1. The molecule has 0 amide bonds. The van der Waals surface area contributed by atoms with E-state index in [1.165, 1.54) is 18.0 Å². The van der Waals surface area contributed by atoms with Crippen LogP contribution in [0.1, 0.15) is 12.5 Å². The fraction of sp³-hybridized carbons (Fsp3) is 0.533. The quantitative estimate of drug-likeness (QED) is 0.457. The first-order valence-corrected chi connectivity index (χ1v) is 7.32. The lowest BCUT2D eigenvalue weighted by Crippen LogP contribution is -2.42.